The predicted molar refractivity (Wildman–Crippen MR) is 225 cm³/mol. The molecule has 0 fully saturated rings. The number of rotatable bonds is 5. The van der Waals surface area contributed by atoms with Crippen molar-refractivity contribution in [3.8, 4) is 44.5 Å². The first-order valence-electron chi connectivity index (χ1n) is 18.8. The highest BCUT2D eigenvalue weighted by atomic mass is 15.1. The Bertz CT molecular complexity index is 2700. The van der Waals surface area contributed by atoms with Crippen LogP contribution >= 0.6 is 0 Å². The zero-order valence-corrected chi connectivity index (χ0v) is 30.7. The number of hydrogen-bond donors (Lipinski definition) is 0. The third-order valence-electron chi connectivity index (χ3n) is 12.1. The SMILES string of the molecule is CC1(C)c2ccccc2-c2ccc(N(c3ccc(-c4ccc(-c5ccccc5)cc4)cc3)c3ccc4cccc5c4c3-c3ccccc3C5(C)C)cc21. The fourth-order valence-corrected chi connectivity index (χ4v) is 9.29. The summed E-state index contributed by atoms with van der Waals surface area (Å²) in [4.78, 5) is 2.50. The normalized spacial score (nSPS) is 14.3. The lowest BCUT2D eigenvalue weighted by molar-refractivity contribution is 0.645. The predicted octanol–water partition coefficient (Wildman–Crippen LogP) is 14.3. The fraction of sp³-hybridized carbons (Fsp3) is 0.115. The van der Waals surface area contributed by atoms with Crippen LogP contribution in [0.2, 0.25) is 0 Å². The highest BCUT2D eigenvalue weighted by Crippen LogP contribution is 2.55. The zero-order valence-electron chi connectivity index (χ0n) is 30.7. The van der Waals surface area contributed by atoms with Gasteiger partial charge < -0.3 is 4.90 Å². The molecule has 1 nitrogen and oxygen atoms in total. The van der Waals surface area contributed by atoms with Crippen molar-refractivity contribution in [1.29, 1.82) is 0 Å². The summed E-state index contributed by atoms with van der Waals surface area (Å²) >= 11 is 0. The van der Waals surface area contributed by atoms with Gasteiger partial charge in [0.15, 0.2) is 0 Å². The average molecular weight is 680 g/mol. The van der Waals surface area contributed by atoms with Gasteiger partial charge in [-0.25, -0.2) is 0 Å². The second-order valence-electron chi connectivity index (χ2n) is 15.8. The largest absolute Gasteiger partial charge is 0.310 e. The molecule has 2 aliphatic rings. The monoisotopic (exact) mass is 679 g/mol. The van der Waals surface area contributed by atoms with Gasteiger partial charge in [-0.15, -0.1) is 0 Å². The third kappa shape index (κ3) is 4.77. The molecule has 8 aromatic carbocycles. The third-order valence-corrected chi connectivity index (χ3v) is 12.1. The number of fused-ring (bicyclic) bond motifs is 5. The number of anilines is 3. The van der Waals surface area contributed by atoms with Crippen LogP contribution in [0.5, 0.6) is 0 Å². The first-order valence-corrected chi connectivity index (χ1v) is 18.8. The van der Waals surface area contributed by atoms with Crippen molar-refractivity contribution < 1.29 is 0 Å². The molecule has 1 heteroatoms. The number of hydrogen-bond acceptors (Lipinski definition) is 1. The summed E-state index contributed by atoms with van der Waals surface area (Å²) in [6.45, 7) is 9.49. The Kier molecular flexibility index (Phi) is 6.94. The van der Waals surface area contributed by atoms with E-state index < -0.39 is 0 Å². The lowest BCUT2D eigenvalue weighted by Gasteiger charge is -2.38. The Morgan fingerprint density at radius 2 is 0.868 bits per heavy atom. The highest BCUT2D eigenvalue weighted by Gasteiger charge is 2.38. The van der Waals surface area contributed by atoms with Crippen LogP contribution in [0.4, 0.5) is 17.1 Å². The Hall–Kier alpha value is -6.18. The van der Waals surface area contributed by atoms with Crippen molar-refractivity contribution in [2.24, 2.45) is 0 Å². The van der Waals surface area contributed by atoms with Crippen molar-refractivity contribution in [1.82, 2.24) is 0 Å². The smallest absolute Gasteiger partial charge is 0.0546 e. The maximum atomic E-state index is 2.50. The van der Waals surface area contributed by atoms with Gasteiger partial charge in [0.25, 0.3) is 0 Å². The van der Waals surface area contributed by atoms with Crippen LogP contribution in [-0.2, 0) is 10.8 Å². The standard InChI is InChI=1S/C52H41N/c1-51(2)45-19-11-9-17-43(45)50-48(32-27-38-15-12-20-46(51)49(38)50)53(40-30-31-42-41-16-8-10-18-44(41)52(3,4)47(42)33-40)39-28-25-37(26-29-39)36-23-21-35(22-24-36)34-13-6-5-7-14-34/h5-33H,1-4H3. The van der Waals surface area contributed by atoms with E-state index in [2.05, 4.69) is 209 Å². The van der Waals surface area contributed by atoms with Gasteiger partial charge in [0.2, 0.25) is 0 Å². The van der Waals surface area contributed by atoms with Gasteiger partial charge in [-0.1, -0.05) is 173 Å². The molecular weight excluding hydrogens is 639 g/mol. The molecule has 0 heterocycles. The van der Waals surface area contributed by atoms with E-state index in [4.69, 9.17) is 0 Å². The molecular formula is C52H41N. The molecule has 8 aromatic rings. The maximum Gasteiger partial charge on any atom is 0.0546 e. The van der Waals surface area contributed by atoms with Crippen molar-refractivity contribution in [3.63, 3.8) is 0 Å². The molecule has 0 atom stereocenters. The van der Waals surface area contributed by atoms with Crippen LogP contribution in [0, 0.1) is 0 Å². The summed E-state index contributed by atoms with van der Waals surface area (Å²) in [5, 5.41) is 2.63. The Morgan fingerprint density at radius 1 is 0.358 bits per heavy atom. The summed E-state index contributed by atoms with van der Waals surface area (Å²) in [6.07, 6.45) is 0. The minimum absolute atomic E-state index is 0.106. The summed E-state index contributed by atoms with van der Waals surface area (Å²) in [6, 6.07) is 65.3. The van der Waals surface area contributed by atoms with Gasteiger partial charge >= 0.3 is 0 Å². The summed E-state index contributed by atoms with van der Waals surface area (Å²) in [7, 11) is 0. The van der Waals surface area contributed by atoms with E-state index >= 15 is 0 Å². The minimum Gasteiger partial charge on any atom is -0.310 e. The topological polar surface area (TPSA) is 3.24 Å². The van der Waals surface area contributed by atoms with Gasteiger partial charge in [-0.2, -0.15) is 0 Å². The van der Waals surface area contributed by atoms with Gasteiger partial charge in [-0.3, -0.25) is 0 Å². The van der Waals surface area contributed by atoms with Crippen LogP contribution in [0.25, 0.3) is 55.3 Å². The molecule has 0 bridgehead atoms. The van der Waals surface area contributed by atoms with Crippen molar-refractivity contribution in [2.75, 3.05) is 4.90 Å². The minimum atomic E-state index is -0.117. The fourth-order valence-electron chi connectivity index (χ4n) is 9.29. The molecule has 53 heavy (non-hydrogen) atoms. The lowest BCUT2D eigenvalue weighted by Crippen LogP contribution is -2.24. The summed E-state index contributed by atoms with van der Waals surface area (Å²) < 4.78 is 0. The Balaban J connectivity index is 1.17. The van der Waals surface area contributed by atoms with Crippen molar-refractivity contribution in [3.05, 3.63) is 198 Å². The lowest BCUT2D eigenvalue weighted by atomic mass is 9.68. The second-order valence-corrected chi connectivity index (χ2v) is 15.8. The van der Waals surface area contributed by atoms with E-state index in [1.807, 2.05) is 0 Å². The quantitative estimate of drug-likeness (QED) is 0.175. The summed E-state index contributed by atoms with van der Waals surface area (Å²) in [5.41, 5.74) is 18.9. The second kappa shape index (κ2) is 11.7. The van der Waals surface area contributed by atoms with E-state index in [1.165, 1.54) is 88.9 Å². The van der Waals surface area contributed by atoms with Crippen molar-refractivity contribution >= 4 is 27.8 Å². The first kappa shape index (κ1) is 31.5. The molecule has 0 unspecified atom stereocenters. The van der Waals surface area contributed by atoms with E-state index in [0.29, 0.717) is 0 Å². The van der Waals surface area contributed by atoms with Crippen LogP contribution < -0.4 is 4.90 Å². The van der Waals surface area contributed by atoms with E-state index in [0.717, 1.165) is 5.69 Å². The number of benzene rings is 8. The van der Waals surface area contributed by atoms with Crippen LogP contribution in [0.1, 0.15) is 49.9 Å². The molecule has 0 saturated carbocycles. The molecule has 0 aromatic heterocycles. The highest BCUT2D eigenvalue weighted by molar-refractivity contribution is 6.10. The van der Waals surface area contributed by atoms with Crippen molar-refractivity contribution in [2.45, 2.75) is 38.5 Å². The summed E-state index contributed by atoms with van der Waals surface area (Å²) in [5.74, 6) is 0. The van der Waals surface area contributed by atoms with E-state index in [-0.39, 0.29) is 10.8 Å². The molecule has 0 amide bonds. The van der Waals surface area contributed by atoms with E-state index in [9.17, 15) is 0 Å². The Labute approximate surface area is 312 Å². The molecule has 0 N–H and O–H groups in total. The average Bonchev–Trinajstić information content (AvgIpc) is 3.43. The van der Waals surface area contributed by atoms with Crippen LogP contribution in [0.15, 0.2) is 176 Å². The van der Waals surface area contributed by atoms with Crippen LogP contribution in [-0.4, -0.2) is 0 Å². The van der Waals surface area contributed by atoms with Gasteiger partial charge in [0.05, 0.1) is 5.69 Å². The molecule has 2 aliphatic carbocycles. The molecule has 0 spiro atoms. The van der Waals surface area contributed by atoms with Crippen LogP contribution in [0.3, 0.4) is 0 Å². The molecule has 0 saturated heterocycles. The number of nitrogens with zero attached hydrogens (tertiary/aromatic N) is 1. The molecule has 10 rings (SSSR count). The zero-order chi connectivity index (χ0) is 35.9. The molecule has 0 aliphatic heterocycles. The Morgan fingerprint density at radius 3 is 1.57 bits per heavy atom. The molecule has 0 radical (unpaired) electrons. The van der Waals surface area contributed by atoms with Gasteiger partial charge in [-0.05, 0) is 102 Å². The first-order chi connectivity index (χ1) is 25.8. The maximum absolute atomic E-state index is 2.50. The van der Waals surface area contributed by atoms with Gasteiger partial charge in [0, 0.05) is 27.8 Å². The van der Waals surface area contributed by atoms with E-state index in [1.54, 1.807) is 0 Å². The van der Waals surface area contributed by atoms with Gasteiger partial charge in [0.1, 0.15) is 0 Å². The molecule has 254 valence electrons.